The standard InChI is InChI=1S/C18H12BrN3/c19-14-6-3-7-15-18(14)10-8-17-21-12-4-1-2-5-13(12)22(17)16(18)9-11-20-15/h1-11,14H. The summed E-state index contributed by atoms with van der Waals surface area (Å²) in [6.45, 7) is 0. The van der Waals surface area contributed by atoms with E-state index in [1.54, 1.807) is 0 Å². The molecular formula is C18H12BrN3. The molecule has 2 atom stereocenters. The predicted octanol–water partition coefficient (Wildman–Crippen LogP) is 4.19. The number of para-hydroxylation sites is 2. The third-order valence-corrected chi connectivity index (χ3v) is 5.61. The lowest BCUT2D eigenvalue weighted by Gasteiger charge is -2.42. The molecule has 22 heavy (non-hydrogen) atoms. The number of dihydropyridines is 1. The van der Waals surface area contributed by atoms with Crippen molar-refractivity contribution in [2.75, 3.05) is 0 Å². The van der Waals surface area contributed by atoms with Crippen LogP contribution in [-0.2, 0) is 0 Å². The monoisotopic (exact) mass is 349 g/mol. The van der Waals surface area contributed by atoms with E-state index in [1.165, 1.54) is 5.70 Å². The van der Waals surface area contributed by atoms with Crippen LogP contribution in [0.4, 0.5) is 0 Å². The topological polar surface area (TPSA) is 30.2 Å². The molecule has 2 unspecified atom stereocenters. The molecule has 0 fully saturated rings. The number of alkyl halides is 1. The molecule has 2 aliphatic heterocycles. The number of rotatable bonds is 0. The highest BCUT2D eigenvalue weighted by Gasteiger charge is 2.47. The van der Waals surface area contributed by atoms with Crippen molar-refractivity contribution in [2.24, 2.45) is 10.4 Å². The average Bonchev–Trinajstić information content (AvgIpc) is 2.93. The Hall–Kier alpha value is -2.20. The summed E-state index contributed by atoms with van der Waals surface area (Å²) in [6, 6.07) is 8.26. The minimum Gasteiger partial charge on any atom is -0.295 e. The lowest BCUT2D eigenvalue weighted by Crippen LogP contribution is -2.38. The lowest BCUT2D eigenvalue weighted by atomic mass is 9.72. The first-order chi connectivity index (χ1) is 10.8. The summed E-state index contributed by atoms with van der Waals surface area (Å²) >= 11 is 3.84. The summed E-state index contributed by atoms with van der Waals surface area (Å²) in [5.41, 5.74) is 4.15. The molecule has 4 heteroatoms. The first kappa shape index (κ1) is 12.4. The van der Waals surface area contributed by atoms with Crippen molar-refractivity contribution in [3.8, 4) is 0 Å². The number of halogens is 1. The van der Waals surface area contributed by atoms with Gasteiger partial charge in [-0.2, -0.15) is 0 Å². The molecule has 0 saturated carbocycles. The van der Waals surface area contributed by atoms with Gasteiger partial charge in [-0.25, -0.2) is 4.98 Å². The van der Waals surface area contributed by atoms with Gasteiger partial charge >= 0.3 is 0 Å². The largest absolute Gasteiger partial charge is 0.295 e. The fourth-order valence-corrected chi connectivity index (χ4v) is 4.36. The smallest absolute Gasteiger partial charge is 0.137 e. The molecule has 2 aromatic rings. The molecule has 3 nitrogen and oxygen atoms in total. The number of imidazole rings is 1. The van der Waals surface area contributed by atoms with Gasteiger partial charge in [0.05, 0.1) is 27.0 Å². The second-order valence-electron chi connectivity index (χ2n) is 5.67. The van der Waals surface area contributed by atoms with Crippen LogP contribution < -0.4 is 0 Å². The van der Waals surface area contributed by atoms with Gasteiger partial charge in [-0.15, -0.1) is 0 Å². The van der Waals surface area contributed by atoms with Crippen molar-refractivity contribution in [1.29, 1.82) is 0 Å². The molecular weight excluding hydrogens is 338 g/mol. The molecule has 0 amide bonds. The molecule has 1 spiro atoms. The molecule has 3 aliphatic rings. The van der Waals surface area contributed by atoms with E-state index in [1.807, 2.05) is 12.3 Å². The third kappa shape index (κ3) is 1.36. The second-order valence-corrected chi connectivity index (χ2v) is 6.65. The second kappa shape index (κ2) is 4.17. The highest BCUT2D eigenvalue weighted by molar-refractivity contribution is 9.09. The molecule has 1 aromatic heterocycles. The van der Waals surface area contributed by atoms with Crippen molar-refractivity contribution in [3.63, 3.8) is 0 Å². The van der Waals surface area contributed by atoms with Crippen molar-refractivity contribution >= 4 is 45.0 Å². The van der Waals surface area contributed by atoms with E-state index in [4.69, 9.17) is 4.98 Å². The van der Waals surface area contributed by atoms with Crippen LogP contribution in [0.1, 0.15) is 5.82 Å². The van der Waals surface area contributed by atoms with E-state index >= 15 is 0 Å². The SMILES string of the molecule is BrC1C=CC=C2N=CC=C3n4c(nc5ccccc54)C=CC231. The highest BCUT2D eigenvalue weighted by Crippen LogP contribution is 2.53. The van der Waals surface area contributed by atoms with Crippen LogP contribution in [0.5, 0.6) is 0 Å². The number of aromatic nitrogens is 2. The molecule has 1 aliphatic carbocycles. The zero-order chi connectivity index (χ0) is 14.7. The van der Waals surface area contributed by atoms with Gasteiger partial charge in [-0.1, -0.05) is 46.3 Å². The molecule has 3 heterocycles. The fraction of sp³-hybridized carbons (Fsp3) is 0.111. The minimum atomic E-state index is -0.264. The number of hydrogen-bond acceptors (Lipinski definition) is 2. The summed E-state index contributed by atoms with van der Waals surface area (Å²) in [7, 11) is 0. The summed E-state index contributed by atoms with van der Waals surface area (Å²) in [5, 5.41) is 0. The number of allylic oxidation sites excluding steroid dienone is 5. The van der Waals surface area contributed by atoms with Crippen molar-refractivity contribution < 1.29 is 0 Å². The predicted molar refractivity (Wildman–Crippen MR) is 93.9 cm³/mol. The number of fused-ring (bicyclic) bond motifs is 4. The van der Waals surface area contributed by atoms with Gasteiger partial charge in [0, 0.05) is 11.9 Å². The Balaban J connectivity index is 1.88. The number of aliphatic imine (C=N–C) groups is 1. The van der Waals surface area contributed by atoms with E-state index in [0.717, 1.165) is 22.6 Å². The van der Waals surface area contributed by atoms with Crippen molar-refractivity contribution in [2.45, 2.75) is 4.83 Å². The summed E-state index contributed by atoms with van der Waals surface area (Å²) in [6.07, 6.45) is 14.7. The lowest BCUT2D eigenvalue weighted by molar-refractivity contribution is 0.588. The zero-order valence-corrected chi connectivity index (χ0v) is 13.2. The average molecular weight is 350 g/mol. The van der Waals surface area contributed by atoms with Gasteiger partial charge in [0.15, 0.2) is 0 Å². The Labute approximate surface area is 136 Å². The molecule has 0 radical (unpaired) electrons. The third-order valence-electron chi connectivity index (χ3n) is 4.59. The summed E-state index contributed by atoms with van der Waals surface area (Å²) in [5.74, 6) is 0.974. The van der Waals surface area contributed by atoms with Crippen LogP contribution in [0.25, 0.3) is 22.8 Å². The highest BCUT2D eigenvalue weighted by atomic mass is 79.9. The maximum absolute atomic E-state index is 4.74. The van der Waals surface area contributed by atoms with E-state index in [0.29, 0.717) is 0 Å². The van der Waals surface area contributed by atoms with Gasteiger partial charge in [-0.3, -0.25) is 9.56 Å². The van der Waals surface area contributed by atoms with E-state index in [9.17, 15) is 0 Å². The maximum Gasteiger partial charge on any atom is 0.137 e. The van der Waals surface area contributed by atoms with Gasteiger partial charge in [0.1, 0.15) is 5.82 Å². The van der Waals surface area contributed by atoms with Crippen LogP contribution in [-0.4, -0.2) is 20.6 Å². The van der Waals surface area contributed by atoms with Crippen molar-refractivity contribution in [3.05, 3.63) is 66.2 Å². The molecule has 1 aromatic carbocycles. The Kier molecular flexibility index (Phi) is 2.34. The first-order valence-corrected chi connectivity index (χ1v) is 8.17. The number of hydrogen-bond donors (Lipinski definition) is 0. The Morgan fingerprint density at radius 3 is 3.05 bits per heavy atom. The molecule has 5 rings (SSSR count). The van der Waals surface area contributed by atoms with E-state index < -0.39 is 0 Å². The fourth-order valence-electron chi connectivity index (χ4n) is 3.56. The zero-order valence-electron chi connectivity index (χ0n) is 11.6. The summed E-state index contributed by atoms with van der Waals surface area (Å²) < 4.78 is 2.25. The Morgan fingerprint density at radius 2 is 2.09 bits per heavy atom. The van der Waals surface area contributed by atoms with Gasteiger partial charge in [0.25, 0.3) is 0 Å². The van der Waals surface area contributed by atoms with E-state index in [2.05, 4.69) is 80.1 Å². The van der Waals surface area contributed by atoms with Gasteiger partial charge in [0.2, 0.25) is 0 Å². The first-order valence-electron chi connectivity index (χ1n) is 7.26. The molecule has 106 valence electrons. The van der Waals surface area contributed by atoms with Crippen LogP contribution in [0, 0.1) is 5.41 Å². The van der Waals surface area contributed by atoms with Crippen LogP contribution in [0.3, 0.4) is 0 Å². The molecule has 0 bridgehead atoms. The van der Waals surface area contributed by atoms with Crippen LogP contribution in [0.2, 0.25) is 0 Å². The number of nitrogens with zero attached hydrogens (tertiary/aromatic N) is 3. The maximum atomic E-state index is 4.74. The minimum absolute atomic E-state index is 0.175. The quantitative estimate of drug-likeness (QED) is 0.655. The van der Waals surface area contributed by atoms with Crippen molar-refractivity contribution in [1.82, 2.24) is 9.55 Å². The Morgan fingerprint density at radius 1 is 1.18 bits per heavy atom. The molecule has 0 N–H and O–H groups in total. The van der Waals surface area contributed by atoms with Crippen LogP contribution in [0.15, 0.2) is 65.3 Å². The van der Waals surface area contributed by atoms with Gasteiger partial charge in [-0.05, 0) is 30.4 Å². The van der Waals surface area contributed by atoms with Crippen LogP contribution >= 0.6 is 15.9 Å². The normalized spacial score (nSPS) is 28.0. The Bertz CT molecular complexity index is 958. The summed E-state index contributed by atoms with van der Waals surface area (Å²) in [4.78, 5) is 9.52. The van der Waals surface area contributed by atoms with Gasteiger partial charge < -0.3 is 0 Å². The number of benzene rings is 1. The molecule has 0 saturated heterocycles. The van der Waals surface area contributed by atoms with E-state index in [-0.39, 0.29) is 10.2 Å².